The van der Waals surface area contributed by atoms with Crippen LogP contribution in [-0.4, -0.2) is 24.1 Å². The number of benzene rings is 1. The molecule has 0 aliphatic rings. The van der Waals surface area contributed by atoms with Gasteiger partial charge in [0.2, 0.25) is 5.91 Å². The minimum Gasteiger partial charge on any atom is -0.497 e. The van der Waals surface area contributed by atoms with E-state index in [4.69, 9.17) is 9.84 Å². The van der Waals surface area contributed by atoms with Crippen molar-refractivity contribution in [3.05, 3.63) is 24.0 Å². The molecule has 0 atom stereocenters. The third kappa shape index (κ3) is 2.77. The molecule has 1 aromatic carbocycles. The summed E-state index contributed by atoms with van der Waals surface area (Å²) in [6, 6.07) is 3.81. The van der Waals surface area contributed by atoms with Gasteiger partial charge in [0.15, 0.2) is 0 Å². The number of anilines is 1. The largest absolute Gasteiger partial charge is 0.497 e. The Kier molecular flexibility index (Phi) is 3.90. The molecule has 1 aromatic rings. The maximum Gasteiger partial charge on any atom is 0.318 e. The third-order valence-electron chi connectivity index (χ3n) is 2.52. The molecule has 2 N–H and O–H groups in total. The van der Waals surface area contributed by atoms with Crippen molar-refractivity contribution in [1.29, 1.82) is 0 Å². The smallest absolute Gasteiger partial charge is 0.318 e. The topological polar surface area (TPSA) is 75.6 Å². The van der Waals surface area contributed by atoms with Gasteiger partial charge < -0.3 is 15.2 Å². The number of aliphatic carboxylic acids is 1. The summed E-state index contributed by atoms with van der Waals surface area (Å²) in [7, 11) is 1.40. The molecule has 0 aliphatic carbocycles. The molecule has 0 bridgehead atoms. The Bertz CT molecular complexity index is 485. The van der Waals surface area contributed by atoms with Gasteiger partial charge in [-0.2, -0.15) is 0 Å². The van der Waals surface area contributed by atoms with Crippen molar-refractivity contribution in [3.63, 3.8) is 0 Å². The van der Waals surface area contributed by atoms with E-state index >= 15 is 0 Å². The molecule has 0 fully saturated rings. The molecule has 6 heteroatoms. The number of hydrogen-bond donors (Lipinski definition) is 2. The van der Waals surface area contributed by atoms with Gasteiger partial charge >= 0.3 is 5.97 Å². The number of carbonyl (C=O) groups is 2. The SMILES string of the molecule is COc1ccc(F)c(NC(=O)C(C)(C)C(=O)O)c1. The summed E-state index contributed by atoms with van der Waals surface area (Å²) in [5.74, 6) is -2.39. The minimum atomic E-state index is -1.64. The molecule has 0 saturated heterocycles. The van der Waals surface area contributed by atoms with Crippen LogP contribution < -0.4 is 10.1 Å². The van der Waals surface area contributed by atoms with Crippen LogP contribution in [-0.2, 0) is 9.59 Å². The first-order valence-electron chi connectivity index (χ1n) is 5.17. The monoisotopic (exact) mass is 255 g/mol. The van der Waals surface area contributed by atoms with E-state index in [-0.39, 0.29) is 5.69 Å². The van der Waals surface area contributed by atoms with Gasteiger partial charge in [0, 0.05) is 6.07 Å². The maximum absolute atomic E-state index is 13.4. The van der Waals surface area contributed by atoms with Crippen molar-refractivity contribution >= 4 is 17.6 Å². The molecule has 0 unspecified atom stereocenters. The summed E-state index contributed by atoms with van der Waals surface area (Å²) < 4.78 is 18.3. The second-order valence-electron chi connectivity index (χ2n) is 4.23. The van der Waals surface area contributed by atoms with Crippen molar-refractivity contribution in [2.24, 2.45) is 5.41 Å². The number of halogens is 1. The molecule has 0 saturated carbocycles. The van der Waals surface area contributed by atoms with Gasteiger partial charge in [0.1, 0.15) is 17.0 Å². The lowest BCUT2D eigenvalue weighted by molar-refractivity contribution is -0.151. The van der Waals surface area contributed by atoms with Crippen LogP contribution in [0.1, 0.15) is 13.8 Å². The summed E-state index contributed by atoms with van der Waals surface area (Å²) in [5.41, 5.74) is -1.76. The number of ether oxygens (including phenoxy) is 1. The lowest BCUT2D eigenvalue weighted by atomic mass is 9.92. The van der Waals surface area contributed by atoms with E-state index in [0.717, 1.165) is 6.07 Å². The Labute approximate surface area is 104 Å². The van der Waals surface area contributed by atoms with E-state index in [1.807, 2.05) is 0 Å². The molecule has 0 aliphatic heterocycles. The zero-order valence-electron chi connectivity index (χ0n) is 10.3. The standard InChI is InChI=1S/C12H14FNO4/c1-12(2,11(16)17)10(15)14-9-6-7(18-3)4-5-8(9)13/h4-6H,1-3H3,(H,14,15)(H,16,17). The van der Waals surface area contributed by atoms with Crippen LogP contribution in [0.4, 0.5) is 10.1 Å². The Morgan fingerprint density at radius 2 is 2.00 bits per heavy atom. The quantitative estimate of drug-likeness (QED) is 0.805. The van der Waals surface area contributed by atoms with Gasteiger partial charge in [-0.1, -0.05) is 0 Å². The van der Waals surface area contributed by atoms with Crippen molar-refractivity contribution in [1.82, 2.24) is 0 Å². The summed E-state index contributed by atoms with van der Waals surface area (Å²) >= 11 is 0. The molecule has 0 spiro atoms. The van der Waals surface area contributed by atoms with Crippen LogP contribution in [0.3, 0.4) is 0 Å². The fraction of sp³-hybridized carbons (Fsp3) is 0.333. The predicted molar refractivity (Wildman–Crippen MR) is 63.0 cm³/mol. The number of methoxy groups -OCH3 is 1. The molecule has 18 heavy (non-hydrogen) atoms. The number of carboxylic acids is 1. The van der Waals surface area contributed by atoms with Gasteiger partial charge in [-0.3, -0.25) is 9.59 Å². The van der Waals surface area contributed by atoms with Gasteiger partial charge in [-0.05, 0) is 26.0 Å². The average Bonchev–Trinajstić information content (AvgIpc) is 2.31. The van der Waals surface area contributed by atoms with Gasteiger partial charge in [-0.25, -0.2) is 4.39 Å². The lowest BCUT2D eigenvalue weighted by Crippen LogP contribution is -2.38. The molecule has 1 amide bonds. The predicted octanol–water partition coefficient (Wildman–Crippen LogP) is 1.88. The highest BCUT2D eigenvalue weighted by Gasteiger charge is 2.36. The van der Waals surface area contributed by atoms with Crippen LogP contribution in [0.25, 0.3) is 0 Å². The van der Waals surface area contributed by atoms with E-state index < -0.39 is 23.1 Å². The number of amides is 1. The summed E-state index contributed by atoms with van der Waals surface area (Å²) in [4.78, 5) is 22.6. The van der Waals surface area contributed by atoms with E-state index in [1.54, 1.807) is 0 Å². The Hall–Kier alpha value is -2.11. The van der Waals surface area contributed by atoms with Crippen molar-refractivity contribution in [3.8, 4) is 5.75 Å². The molecule has 1 rings (SSSR count). The van der Waals surface area contributed by atoms with E-state index in [0.29, 0.717) is 5.75 Å². The Balaban J connectivity index is 2.98. The highest BCUT2D eigenvalue weighted by atomic mass is 19.1. The number of hydrogen-bond acceptors (Lipinski definition) is 3. The van der Waals surface area contributed by atoms with Crippen LogP contribution in [0, 0.1) is 11.2 Å². The molecule has 98 valence electrons. The third-order valence-corrected chi connectivity index (χ3v) is 2.52. The van der Waals surface area contributed by atoms with Crippen molar-refractivity contribution in [2.75, 3.05) is 12.4 Å². The van der Waals surface area contributed by atoms with Crippen LogP contribution in [0.2, 0.25) is 0 Å². The maximum atomic E-state index is 13.4. The van der Waals surface area contributed by atoms with Crippen LogP contribution >= 0.6 is 0 Å². The van der Waals surface area contributed by atoms with Crippen molar-refractivity contribution in [2.45, 2.75) is 13.8 Å². The Morgan fingerprint density at radius 1 is 1.39 bits per heavy atom. The van der Waals surface area contributed by atoms with E-state index in [1.165, 1.54) is 33.1 Å². The first-order chi connectivity index (χ1) is 8.28. The summed E-state index contributed by atoms with van der Waals surface area (Å²) in [6.45, 7) is 2.48. The molecular formula is C12H14FNO4. The molecular weight excluding hydrogens is 241 g/mol. The van der Waals surface area contributed by atoms with E-state index in [2.05, 4.69) is 5.32 Å². The second kappa shape index (κ2) is 5.03. The van der Waals surface area contributed by atoms with Gasteiger partial charge in [0.05, 0.1) is 12.8 Å². The molecule has 0 aromatic heterocycles. The normalized spacial score (nSPS) is 10.9. The average molecular weight is 255 g/mol. The van der Waals surface area contributed by atoms with Crippen LogP contribution in [0.5, 0.6) is 5.75 Å². The highest BCUT2D eigenvalue weighted by molar-refractivity contribution is 6.07. The minimum absolute atomic E-state index is 0.117. The molecule has 5 nitrogen and oxygen atoms in total. The summed E-state index contributed by atoms with van der Waals surface area (Å²) in [5, 5.41) is 11.1. The van der Waals surface area contributed by atoms with Crippen molar-refractivity contribution < 1.29 is 23.8 Å². The Morgan fingerprint density at radius 3 is 2.50 bits per heavy atom. The number of rotatable bonds is 4. The van der Waals surface area contributed by atoms with Crippen LogP contribution in [0.15, 0.2) is 18.2 Å². The molecule has 0 heterocycles. The van der Waals surface area contributed by atoms with Gasteiger partial charge in [0.25, 0.3) is 0 Å². The number of carbonyl (C=O) groups excluding carboxylic acids is 1. The molecule has 0 radical (unpaired) electrons. The number of nitrogens with one attached hydrogen (secondary N) is 1. The lowest BCUT2D eigenvalue weighted by Gasteiger charge is -2.18. The zero-order chi connectivity index (χ0) is 13.9. The zero-order valence-corrected chi connectivity index (χ0v) is 10.3. The first-order valence-corrected chi connectivity index (χ1v) is 5.17. The highest BCUT2D eigenvalue weighted by Crippen LogP contribution is 2.24. The fourth-order valence-electron chi connectivity index (χ4n) is 1.10. The second-order valence-corrected chi connectivity index (χ2v) is 4.23. The van der Waals surface area contributed by atoms with Gasteiger partial charge in [-0.15, -0.1) is 0 Å². The number of carboxylic acid groups (broad SMARTS) is 1. The first kappa shape index (κ1) is 14.0. The fourth-order valence-corrected chi connectivity index (χ4v) is 1.10. The van der Waals surface area contributed by atoms with E-state index in [9.17, 15) is 14.0 Å². The summed E-state index contributed by atoms with van der Waals surface area (Å²) in [6.07, 6.45) is 0.